The second kappa shape index (κ2) is 8.66. The Hall–Kier alpha value is -4.21. The third-order valence-electron chi connectivity index (χ3n) is 4.49. The number of methoxy groups -OCH3 is 1. The van der Waals surface area contributed by atoms with Crippen molar-refractivity contribution in [2.45, 2.75) is 13.5 Å². The molecule has 0 aliphatic rings. The number of carbonyl (C=O) groups excluding carboxylic acids is 1. The summed E-state index contributed by atoms with van der Waals surface area (Å²) in [5.74, 6) is 0.985. The third kappa shape index (κ3) is 4.22. The maximum absolute atomic E-state index is 12.8. The van der Waals surface area contributed by atoms with E-state index in [1.54, 1.807) is 55.6 Å². The molecule has 31 heavy (non-hydrogen) atoms. The molecule has 0 aliphatic carbocycles. The first-order chi connectivity index (χ1) is 15.1. The molecule has 10 heteroatoms. The highest BCUT2D eigenvalue weighted by molar-refractivity contribution is 5.90. The fourth-order valence-corrected chi connectivity index (χ4v) is 3.03. The van der Waals surface area contributed by atoms with Gasteiger partial charge in [-0.25, -0.2) is 4.98 Å². The number of nitrogens with one attached hydrogen (secondary N) is 1. The minimum absolute atomic E-state index is 0.0687. The Bertz CT molecular complexity index is 1280. The van der Waals surface area contributed by atoms with Crippen LogP contribution in [-0.2, 0) is 11.3 Å². The average molecular weight is 420 g/mol. The quantitative estimate of drug-likeness (QED) is 0.487. The highest BCUT2D eigenvalue weighted by Gasteiger charge is 2.15. The van der Waals surface area contributed by atoms with Crippen LogP contribution in [-0.4, -0.2) is 44.2 Å². The smallest absolute Gasteiger partial charge is 0.284 e. The molecule has 0 aliphatic heterocycles. The van der Waals surface area contributed by atoms with Crippen molar-refractivity contribution in [3.8, 4) is 17.2 Å². The van der Waals surface area contributed by atoms with Crippen molar-refractivity contribution in [1.29, 1.82) is 0 Å². The summed E-state index contributed by atoms with van der Waals surface area (Å²) >= 11 is 0. The van der Waals surface area contributed by atoms with Gasteiger partial charge in [-0.15, -0.1) is 5.10 Å². The van der Waals surface area contributed by atoms with E-state index in [1.807, 2.05) is 6.92 Å². The Morgan fingerprint density at radius 3 is 2.68 bits per heavy atom. The van der Waals surface area contributed by atoms with Crippen LogP contribution in [0.4, 0.5) is 5.69 Å². The molecule has 2 aromatic heterocycles. The predicted molar refractivity (Wildman–Crippen MR) is 114 cm³/mol. The molecule has 4 aromatic rings. The molecule has 0 saturated heterocycles. The zero-order valence-corrected chi connectivity index (χ0v) is 17.0. The van der Waals surface area contributed by atoms with E-state index in [1.165, 1.54) is 15.6 Å². The number of ether oxygens (including phenoxy) is 2. The van der Waals surface area contributed by atoms with Crippen LogP contribution in [0, 0.1) is 0 Å². The van der Waals surface area contributed by atoms with Crippen LogP contribution in [0.5, 0.6) is 11.5 Å². The van der Waals surface area contributed by atoms with Gasteiger partial charge in [-0.05, 0) is 43.3 Å². The largest absolute Gasteiger partial charge is 0.497 e. The Labute approximate surface area is 177 Å². The van der Waals surface area contributed by atoms with Gasteiger partial charge in [0.25, 0.3) is 5.56 Å². The number of amides is 1. The monoisotopic (exact) mass is 420 g/mol. The first-order valence-corrected chi connectivity index (χ1v) is 9.57. The van der Waals surface area contributed by atoms with Crippen molar-refractivity contribution >= 4 is 22.8 Å². The molecule has 0 spiro atoms. The van der Waals surface area contributed by atoms with Crippen LogP contribution < -0.4 is 20.3 Å². The third-order valence-corrected chi connectivity index (χ3v) is 4.49. The topological polar surface area (TPSA) is 113 Å². The summed E-state index contributed by atoms with van der Waals surface area (Å²) in [6.45, 7) is 2.25. The van der Waals surface area contributed by atoms with E-state index in [0.29, 0.717) is 35.1 Å². The van der Waals surface area contributed by atoms with E-state index in [-0.39, 0.29) is 18.0 Å². The van der Waals surface area contributed by atoms with Crippen LogP contribution in [0.15, 0.2) is 59.7 Å². The van der Waals surface area contributed by atoms with Crippen LogP contribution in [0.1, 0.15) is 6.92 Å². The SMILES string of the molecule is CCOc1ccc(NC(=O)Cn2cnc3c(nnn3-c3cccc(OC)c3)c2=O)cc1. The van der Waals surface area contributed by atoms with Gasteiger partial charge in [0.15, 0.2) is 11.2 Å². The van der Waals surface area contributed by atoms with Crippen LogP contribution in [0.25, 0.3) is 16.9 Å². The van der Waals surface area contributed by atoms with Gasteiger partial charge in [0, 0.05) is 11.8 Å². The van der Waals surface area contributed by atoms with Gasteiger partial charge < -0.3 is 14.8 Å². The van der Waals surface area contributed by atoms with Crippen molar-refractivity contribution in [2.24, 2.45) is 0 Å². The minimum atomic E-state index is -0.457. The van der Waals surface area contributed by atoms with E-state index in [9.17, 15) is 9.59 Å². The standard InChI is InChI=1S/C21H20N6O4/c1-3-31-16-9-7-14(8-10-16)23-18(28)12-26-13-22-20-19(21(26)29)24-25-27(20)15-5-4-6-17(11-15)30-2/h4-11,13H,3,12H2,1-2H3,(H,23,28). The van der Waals surface area contributed by atoms with E-state index >= 15 is 0 Å². The minimum Gasteiger partial charge on any atom is -0.497 e. The van der Waals surface area contributed by atoms with E-state index in [0.717, 1.165) is 0 Å². The fraction of sp³-hybridized carbons (Fsp3) is 0.190. The number of fused-ring (bicyclic) bond motifs is 1. The average Bonchev–Trinajstić information content (AvgIpc) is 3.22. The molecule has 10 nitrogen and oxygen atoms in total. The lowest BCUT2D eigenvalue weighted by atomic mass is 10.3. The molecular weight excluding hydrogens is 400 g/mol. The first kappa shape index (κ1) is 20.1. The molecule has 2 aromatic carbocycles. The van der Waals surface area contributed by atoms with Gasteiger partial charge in [-0.2, -0.15) is 4.68 Å². The summed E-state index contributed by atoms with van der Waals surface area (Å²) in [6, 6.07) is 14.1. The summed E-state index contributed by atoms with van der Waals surface area (Å²) in [6.07, 6.45) is 1.31. The molecule has 4 rings (SSSR count). The summed E-state index contributed by atoms with van der Waals surface area (Å²) in [7, 11) is 1.56. The highest BCUT2D eigenvalue weighted by Crippen LogP contribution is 2.18. The number of hydrogen-bond acceptors (Lipinski definition) is 7. The zero-order chi connectivity index (χ0) is 21.8. The van der Waals surface area contributed by atoms with Crippen molar-refractivity contribution in [1.82, 2.24) is 24.5 Å². The molecule has 1 N–H and O–H groups in total. The van der Waals surface area contributed by atoms with Gasteiger partial charge in [-0.3, -0.25) is 14.2 Å². The van der Waals surface area contributed by atoms with Gasteiger partial charge in [0.1, 0.15) is 24.4 Å². The predicted octanol–water partition coefficient (Wildman–Crippen LogP) is 2.02. The number of nitrogens with zero attached hydrogens (tertiary/aromatic N) is 5. The fourth-order valence-electron chi connectivity index (χ4n) is 3.03. The van der Waals surface area contributed by atoms with Gasteiger partial charge in [0.2, 0.25) is 5.91 Å². The Balaban J connectivity index is 1.54. The number of anilines is 1. The molecule has 1 amide bonds. The summed E-state index contributed by atoms with van der Waals surface area (Å²) in [5, 5.41) is 10.7. The molecule has 158 valence electrons. The van der Waals surface area contributed by atoms with Gasteiger partial charge >= 0.3 is 0 Å². The summed E-state index contributed by atoms with van der Waals surface area (Å²) in [4.78, 5) is 29.5. The van der Waals surface area contributed by atoms with Crippen LogP contribution >= 0.6 is 0 Å². The normalized spacial score (nSPS) is 10.8. The number of rotatable bonds is 7. The maximum Gasteiger partial charge on any atom is 0.284 e. The number of carbonyl (C=O) groups is 1. The molecule has 0 unspecified atom stereocenters. The molecule has 0 radical (unpaired) electrons. The maximum atomic E-state index is 12.8. The lowest BCUT2D eigenvalue weighted by Gasteiger charge is -2.08. The lowest BCUT2D eigenvalue weighted by Crippen LogP contribution is -2.28. The number of hydrogen-bond donors (Lipinski definition) is 1. The van der Waals surface area contributed by atoms with Crippen molar-refractivity contribution < 1.29 is 14.3 Å². The van der Waals surface area contributed by atoms with Crippen molar-refractivity contribution in [2.75, 3.05) is 19.0 Å². The lowest BCUT2D eigenvalue weighted by molar-refractivity contribution is -0.116. The first-order valence-electron chi connectivity index (χ1n) is 9.57. The van der Waals surface area contributed by atoms with Gasteiger partial charge in [-0.1, -0.05) is 11.3 Å². The molecule has 0 fully saturated rings. The summed E-state index contributed by atoms with van der Waals surface area (Å²) < 4.78 is 13.2. The van der Waals surface area contributed by atoms with E-state index in [2.05, 4.69) is 20.6 Å². The molecule has 0 atom stereocenters. The summed E-state index contributed by atoms with van der Waals surface area (Å²) in [5.41, 5.74) is 1.15. The molecule has 0 bridgehead atoms. The molecular formula is C21H20N6O4. The molecule has 0 saturated carbocycles. The van der Waals surface area contributed by atoms with Crippen LogP contribution in [0.2, 0.25) is 0 Å². The highest BCUT2D eigenvalue weighted by atomic mass is 16.5. The Morgan fingerprint density at radius 2 is 1.94 bits per heavy atom. The van der Waals surface area contributed by atoms with Crippen molar-refractivity contribution in [3.63, 3.8) is 0 Å². The number of aromatic nitrogens is 5. The van der Waals surface area contributed by atoms with E-state index in [4.69, 9.17) is 9.47 Å². The van der Waals surface area contributed by atoms with Crippen LogP contribution in [0.3, 0.4) is 0 Å². The van der Waals surface area contributed by atoms with Gasteiger partial charge in [0.05, 0.1) is 19.4 Å². The number of benzene rings is 2. The van der Waals surface area contributed by atoms with E-state index < -0.39 is 5.56 Å². The molecule has 2 heterocycles. The Kier molecular flexibility index (Phi) is 5.61. The van der Waals surface area contributed by atoms with Crippen molar-refractivity contribution in [3.05, 3.63) is 65.2 Å². The second-order valence-corrected chi connectivity index (χ2v) is 6.56. The zero-order valence-electron chi connectivity index (χ0n) is 17.0. The second-order valence-electron chi connectivity index (χ2n) is 6.56. The Morgan fingerprint density at radius 1 is 1.13 bits per heavy atom.